The van der Waals surface area contributed by atoms with Gasteiger partial charge in [-0.15, -0.1) is 6.58 Å². The molecule has 6 nitrogen and oxygen atoms in total. The number of piperazine rings is 1. The van der Waals surface area contributed by atoms with E-state index >= 15 is 0 Å². The van der Waals surface area contributed by atoms with Gasteiger partial charge in [0.15, 0.2) is 0 Å². The molecule has 1 fully saturated rings. The number of benzene rings is 1. The summed E-state index contributed by atoms with van der Waals surface area (Å²) in [4.78, 5) is 38.8. The number of hydrogen-bond donors (Lipinski definition) is 1. The van der Waals surface area contributed by atoms with E-state index in [1.807, 2.05) is 31.2 Å². The van der Waals surface area contributed by atoms with E-state index in [1.54, 1.807) is 6.08 Å². The van der Waals surface area contributed by atoms with Crippen molar-refractivity contribution in [2.75, 3.05) is 26.2 Å². The van der Waals surface area contributed by atoms with Crippen LogP contribution in [0, 0.1) is 6.92 Å². The lowest BCUT2D eigenvalue weighted by molar-refractivity contribution is -0.157. The van der Waals surface area contributed by atoms with Crippen molar-refractivity contribution >= 4 is 17.7 Å². The first-order valence-electron chi connectivity index (χ1n) is 7.52. The van der Waals surface area contributed by atoms with Crippen molar-refractivity contribution in [2.24, 2.45) is 0 Å². The minimum Gasteiger partial charge on any atom is -0.351 e. The summed E-state index contributed by atoms with van der Waals surface area (Å²) in [7, 11) is 0. The molecule has 3 amide bonds. The summed E-state index contributed by atoms with van der Waals surface area (Å²) in [6.45, 7) is 6.93. The zero-order valence-corrected chi connectivity index (χ0v) is 13.2. The quantitative estimate of drug-likeness (QED) is 0.613. The Morgan fingerprint density at radius 1 is 1.17 bits per heavy atom. The minimum atomic E-state index is -0.628. The van der Waals surface area contributed by atoms with Crippen molar-refractivity contribution in [3.63, 3.8) is 0 Å². The predicted molar refractivity (Wildman–Crippen MR) is 86.4 cm³/mol. The van der Waals surface area contributed by atoms with Gasteiger partial charge in [-0.05, 0) is 12.5 Å². The van der Waals surface area contributed by atoms with Gasteiger partial charge in [-0.1, -0.05) is 35.9 Å². The topological polar surface area (TPSA) is 69.7 Å². The lowest BCUT2D eigenvalue weighted by Gasteiger charge is -2.33. The molecule has 0 unspecified atom stereocenters. The van der Waals surface area contributed by atoms with Gasteiger partial charge in [-0.2, -0.15) is 0 Å². The molecule has 0 bridgehead atoms. The fourth-order valence-electron chi connectivity index (χ4n) is 2.35. The van der Waals surface area contributed by atoms with Gasteiger partial charge in [0, 0.05) is 26.2 Å². The van der Waals surface area contributed by atoms with Gasteiger partial charge in [-0.25, -0.2) is 0 Å². The van der Waals surface area contributed by atoms with Gasteiger partial charge in [-0.3, -0.25) is 14.4 Å². The van der Waals surface area contributed by atoms with Crippen molar-refractivity contribution in [3.05, 3.63) is 48.0 Å². The van der Waals surface area contributed by atoms with Crippen LogP contribution in [0.3, 0.4) is 0 Å². The zero-order chi connectivity index (χ0) is 16.8. The van der Waals surface area contributed by atoms with Gasteiger partial charge >= 0.3 is 11.8 Å². The SMILES string of the molecule is C=CCNC(=O)CN1CCN(Cc2ccc(C)cc2)C(=O)C1=O. The molecular weight excluding hydrogens is 294 g/mol. The summed E-state index contributed by atoms with van der Waals surface area (Å²) < 4.78 is 0. The molecule has 1 aliphatic heterocycles. The average molecular weight is 315 g/mol. The van der Waals surface area contributed by atoms with E-state index in [0.717, 1.165) is 11.1 Å². The van der Waals surface area contributed by atoms with Gasteiger partial charge in [0.25, 0.3) is 0 Å². The van der Waals surface area contributed by atoms with Gasteiger partial charge < -0.3 is 15.1 Å². The molecule has 1 aromatic carbocycles. The third-order valence-electron chi connectivity index (χ3n) is 3.67. The van der Waals surface area contributed by atoms with Crippen molar-refractivity contribution in [3.8, 4) is 0 Å². The molecule has 23 heavy (non-hydrogen) atoms. The third-order valence-corrected chi connectivity index (χ3v) is 3.67. The highest BCUT2D eigenvalue weighted by atomic mass is 16.2. The first-order valence-corrected chi connectivity index (χ1v) is 7.52. The first kappa shape index (κ1) is 16.7. The summed E-state index contributed by atoms with van der Waals surface area (Å²) in [5.74, 6) is -1.48. The van der Waals surface area contributed by atoms with E-state index in [4.69, 9.17) is 0 Å². The molecule has 6 heteroatoms. The van der Waals surface area contributed by atoms with Crippen LogP contribution in [0.25, 0.3) is 0 Å². The Morgan fingerprint density at radius 3 is 2.43 bits per heavy atom. The van der Waals surface area contributed by atoms with Crippen molar-refractivity contribution in [2.45, 2.75) is 13.5 Å². The van der Waals surface area contributed by atoms with Crippen LogP contribution < -0.4 is 5.32 Å². The number of rotatable bonds is 6. The van der Waals surface area contributed by atoms with Crippen LogP contribution in [0.2, 0.25) is 0 Å². The Hall–Kier alpha value is -2.63. The van der Waals surface area contributed by atoms with Crippen LogP contribution in [0.4, 0.5) is 0 Å². The largest absolute Gasteiger partial charge is 0.351 e. The van der Waals surface area contributed by atoms with Crippen LogP contribution in [0.1, 0.15) is 11.1 Å². The molecular formula is C17H21N3O3. The Morgan fingerprint density at radius 2 is 1.78 bits per heavy atom. The van der Waals surface area contributed by atoms with E-state index in [2.05, 4.69) is 11.9 Å². The Labute approximate surface area is 135 Å². The maximum absolute atomic E-state index is 12.2. The standard InChI is InChI=1S/C17H21N3O3/c1-3-8-18-15(21)12-20-10-9-19(16(22)17(20)23)11-14-6-4-13(2)5-7-14/h3-7H,1,8-12H2,2H3,(H,18,21). The number of carbonyl (C=O) groups excluding carboxylic acids is 3. The Bertz CT molecular complexity index is 610. The summed E-state index contributed by atoms with van der Waals surface area (Å²) in [5, 5.41) is 2.60. The monoisotopic (exact) mass is 315 g/mol. The number of aryl methyl sites for hydroxylation is 1. The minimum absolute atomic E-state index is 0.100. The van der Waals surface area contributed by atoms with E-state index in [-0.39, 0.29) is 12.5 Å². The van der Waals surface area contributed by atoms with Crippen LogP contribution in [0.15, 0.2) is 36.9 Å². The van der Waals surface area contributed by atoms with Gasteiger partial charge in [0.2, 0.25) is 5.91 Å². The second-order valence-electron chi connectivity index (χ2n) is 5.53. The molecule has 1 N–H and O–H groups in total. The predicted octanol–water partition coefficient (Wildman–Crippen LogP) is 0.468. The molecule has 0 aromatic heterocycles. The molecule has 1 aliphatic rings. The van der Waals surface area contributed by atoms with Crippen LogP contribution in [-0.4, -0.2) is 53.7 Å². The molecule has 0 radical (unpaired) electrons. The van der Waals surface area contributed by atoms with Crippen LogP contribution >= 0.6 is 0 Å². The number of nitrogens with zero attached hydrogens (tertiary/aromatic N) is 2. The van der Waals surface area contributed by atoms with E-state index in [9.17, 15) is 14.4 Å². The molecule has 0 atom stereocenters. The number of hydrogen-bond acceptors (Lipinski definition) is 3. The van der Waals surface area contributed by atoms with Crippen LogP contribution in [-0.2, 0) is 20.9 Å². The smallest absolute Gasteiger partial charge is 0.312 e. The van der Waals surface area contributed by atoms with Gasteiger partial charge in [0.05, 0.1) is 0 Å². The lowest BCUT2D eigenvalue weighted by Crippen LogP contribution is -2.55. The highest BCUT2D eigenvalue weighted by Gasteiger charge is 2.33. The maximum atomic E-state index is 12.2. The summed E-state index contributed by atoms with van der Waals surface area (Å²) >= 11 is 0. The van der Waals surface area contributed by atoms with Crippen molar-refractivity contribution in [1.82, 2.24) is 15.1 Å². The molecule has 1 saturated heterocycles. The fraction of sp³-hybridized carbons (Fsp3) is 0.353. The summed E-state index contributed by atoms with van der Waals surface area (Å²) in [6.07, 6.45) is 1.56. The second kappa shape index (κ2) is 7.58. The highest BCUT2D eigenvalue weighted by molar-refractivity contribution is 6.35. The Balaban J connectivity index is 1.93. The van der Waals surface area contributed by atoms with E-state index in [1.165, 1.54) is 9.80 Å². The molecule has 0 spiro atoms. The zero-order valence-electron chi connectivity index (χ0n) is 13.2. The normalized spacial score (nSPS) is 14.8. The average Bonchev–Trinajstić information content (AvgIpc) is 2.54. The molecule has 0 aliphatic carbocycles. The lowest BCUT2D eigenvalue weighted by atomic mass is 10.1. The fourth-order valence-corrected chi connectivity index (χ4v) is 2.35. The van der Waals surface area contributed by atoms with E-state index < -0.39 is 11.8 Å². The van der Waals surface area contributed by atoms with Gasteiger partial charge in [0.1, 0.15) is 6.54 Å². The maximum Gasteiger partial charge on any atom is 0.312 e. The number of nitrogens with one attached hydrogen (secondary N) is 1. The second-order valence-corrected chi connectivity index (χ2v) is 5.53. The molecule has 1 heterocycles. The summed E-state index contributed by atoms with van der Waals surface area (Å²) in [5.41, 5.74) is 2.13. The van der Waals surface area contributed by atoms with Crippen LogP contribution in [0.5, 0.6) is 0 Å². The van der Waals surface area contributed by atoms with E-state index in [0.29, 0.717) is 26.2 Å². The molecule has 1 aromatic rings. The summed E-state index contributed by atoms with van der Waals surface area (Å²) in [6, 6.07) is 7.84. The Kier molecular flexibility index (Phi) is 5.51. The molecule has 0 saturated carbocycles. The number of carbonyl (C=O) groups is 3. The van der Waals surface area contributed by atoms with Crippen molar-refractivity contribution < 1.29 is 14.4 Å². The molecule has 122 valence electrons. The third kappa shape index (κ3) is 4.42. The highest BCUT2D eigenvalue weighted by Crippen LogP contribution is 2.11. The van der Waals surface area contributed by atoms with Crippen molar-refractivity contribution in [1.29, 1.82) is 0 Å². The number of amides is 3. The first-order chi connectivity index (χ1) is 11.0. The molecule has 2 rings (SSSR count).